The summed E-state index contributed by atoms with van der Waals surface area (Å²) in [6.07, 6.45) is 0.346. The molecule has 0 saturated carbocycles. The normalized spacial score (nSPS) is 11.5. The number of benzene rings is 2. The molecule has 0 bridgehead atoms. The number of halogens is 1. The highest BCUT2D eigenvalue weighted by Gasteiger charge is 2.29. The first kappa shape index (κ1) is 27.4. The van der Waals surface area contributed by atoms with Gasteiger partial charge in [-0.3, -0.25) is 14.9 Å². The Morgan fingerprint density at radius 2 is 1.78 bits per heavy atom. The predicted octanol–water partition coefficient (Wildman–Crippen LogP) is 4.05. The summed E-state index contributed by atoms with van der Waals surface area (Å²) in [6, 6.07) is 14.0. The molecule has 0 radical (unpaired) electrons. The van der Waals surface area contributed by atoms with Crippen LogP contribution in [0.4, 0.5) is 10.1 Å². The molecule has 0 unspecified atom stereocenters. The minimum absolute atomic E-state index is 0.0162. The Morgan fingerprint density at radius 1 is 1.08 bits per heavy atom. The van der Waals surface area contributed by atoms with E-state index in [9.17, 15) is 27.7 Å². The number of nitro benzene ring substituents is 1. The van der Waals surface area contributed by atoms with Crippen LogP contribution in [0.15, 0.2) is 70.9 Å². The third kappa shape index (κ3) is 7.40. The van der Waals surface area contributed by atoms with Crippen LogP contribution in [0, 0.1) is 15.9 Å². The summed E-state index contributed by atoms with van der Waals surface area (Å²) < 4.78 is 46.2. The lowest BCUT2D eigenvalue weighted by atomic mass is 10.2. The molecule has 1 aromatic heterocycles. The SMILES string of the molecule is COCCCN(CC(=O)N(Cc1ccc(F)cc1)Cc1cccs1)S(=O)(=O)c1ccc([N+](=O)[O-])cc1. The number of carbonyl (C=O) groups is 1. The van der Waals surface area contributed by atoms with Gasteiger partial charge in [-0.15, -0.1) is 11.3 Å². The van der Waals surface area contributed by atoms with Crippen molar-refractivity contribution in [3.8, 4) is 0 Å². The average Bonchev–Trinajstić information content (AvgIpc) is 3.37. The summed E-state index contributed by atoms with van der Waals surface area (Å²) >= 11 is 1.47. The largest absolute Gasteiger partial charge is 0.385 e. The van der Waals surface area contributed by atoms with Crippen molar-refractivity contribution in [2.24, 2.45) is 0 Å². The first-order valence-corrected chi connectivity index (χ1v) is 13.3. The number of hydrogen-bond acceptors (Lipinski definition) is 7. The minimum Gasteiger partial charge on any atom is -0.385 e. The standard InChI is InChI=1S/C24H26FN3O6S2/c1-34-14-3-13-27(36(32,33)23-11-9-21(10-12-23)28(30)31)18-24(29)26(17-22-4-2-15-35-22)16-19-5-7-20(25)8-6-19/h2,4-12,15H,3,13-14,16-18H2,1H3. The lowest BCUT2D eigenvalue weighted by Gasteiger charge is -2.27. The van der Waals surface area contributed by atoms with Gasteiger partial charge in [0.25, 0.3) is 5.69 Å². The Bertz CT molecular complexity index is 1250. The molecule has 1 heterocycles. The molecule has 0 fully saturated rings. The third-order valence-corrected chi connectivity index (χ3v) is 8.04. The molecule has 3 aromatic rings. The Hall–Kier alpha value is -3.19. The summed E-state index contributed by atoms with van der Waals surface area (Å²) in [5.41, 5.74) is 0.461. The molecule has 9 nitrogen and oxygen atoms in total. The van der Waals surface area contributed by atoms with Crippen molar-refractivity contribution >= 4 is 33.0 Å². The van der Waals surface area contributed by atoms with Gasteiger partial charge in [0.15, 0.2) is 0 Å². The number of methoxy groups -OCH3 is 1. The van der Waals surface area contributed by atoms with Crippen LogP contribution in [0.1, 0.15) is 16.9 Å². The summed E-state index contributed by atoms with van der Waals surface area (Å²) in [5, 5.41) is 12.8. The molecular formula is C24H26FN3O6S2. The number of sulfonamides is 1. The van der Waals surface area contributed by atoms with Gasteiger partial charge in [0.05, 0.1) is 22.9 Å². The first-order chi connectivity index (χ1) is 17.2. The highest BCUT2D eigenvalue weighted by Crippen LogP contribution is 2.21. The maximum absolute atomic E-state index is 13.4. The van der Waals surface area contributed by atoms with Gasteiger partial charge in [-0.05, 0) is 47.7 Å². The monoisotopic (exact) mass is 535 g/mol. The van der Waals surface area contributed by atoms with Gasteiger partial charge in [0.2, 0.25) is 15.9 Å². The molecule has 0 aliphatic rings. The number of nitro groups is 1. The minimum atomic E-state index is -4.13. The van der Waals surface area contributed by atoms with Crippen LogP contribution < -0.4 is 0 Å². The molecule has 0 atom stereocenters. The van der Waals surface area contributed by atoms with E-state index in [1.165, 1.54) is 35.5 Å². The van der Waals surface area contributed by atoms with Crippen molar-refractivity contribution in [2.45, 2.75) is 24.4 Å². The zero-order chi connectivity index (χ0) is 26.1. The number of non-ortho nitro benzene ring substituents is 1. The first-order valence-electron chi connectivity index (χ1n) is 11.0. The Labute approximate surface area is 212 Å². The quantitative estimate of drug-likeness (QED) is 0.186. The van der Waals surface area contributed by atoms with E-state index < -0.39 is 33.2 Å². The maximum Gasteiger partial charge on any atom is 0.269 e. The molecule has 0 saturated heterocycles. The van der Waals surface area contributed by atoms with E-state index in [1.54, 1.807) is 12.1 Å². The van der Waals surface area contributed by atoms with Crippen molar-refractivity contribution in [3.63, 3.8) is 0 Å². The molecule has 192 valence electrons. The number of rotatable bonds is 13. The van der Waals surface area contributed by atoms with Crippen LogP contribution in [0.25, 0.3) is 0 Å². The van der Waals surface area contributed by atoms with E-state index in [1.807, 2.05) is 17.5 Å². The van der Waals surface area contributed by atoms with E-state index in [-0.39, 0.29) is 36.8 Å². The maximum atomic E-state index is 13.4. The van der Waals surface area contributed by atoms with Crippen LogP contribution in [0.3, 0.4) is 0 Å². The van der Waals surface area contributed by atoms with Gasteiger partial charge in [0, 0.05) is 43.8 Å². The summed E-state index contributed by atoms with van der Waals surface area (Å²) in [5.74, 6) is -0.830. The van der Waals surface area contributed by atoms with E-state index in [4.69, 9.17) is 4.74 Å². The number of amides is 1. The fourth-order valence-electron chi connectivity index (χ4n) is 3.44. The molecule has 0 spiro atoms. The number of nitrogens with zero attached hydrogens (tertiary/aromatic N) is 3. The van der Waals surface area contributed by atoms with Crippen LogP contribution in [-0.2, 0) is 32.6 Å². The second kappa shape index (κ2) is 12.7. The second-order valence-corrected chi connectivity index (χ2v) is 10.9. The number of hydrogen-bond donors (Lipinski definition) is 0. The number of thiophene rings is 1. The fraction of sp³-hybridized carbons (Fsp3) is 0.292. The predicted molar refractivity (Wildman–Crippen MR) is 133 cm³/mol. The summed E-state index contributed by atoms with van der Waals surface area (Å²) in [7, 11) is -2.64. The van der Waals surface area contributed by atoms with E-state index >= 15 is 0 Å². The second-order valence-electron chi connectivity index (χ2n) is 7.89. The molecule has 0 aliphatic heterocycles. The van der Waals surface area contributed by atoms with Crippen molar-refractivity contribution in [1.82, 2.24) is 9.21 Å². The zero-order valence-corrected chi connectivity index (χ0v) is 21.2. The molecule has 0 N–H and O–H groups in total. The van der Waals surface area contributed by atoms with E-state index in [0.717, 1.165) is 33.4 Å². The van der Waals surface area contributed by atoms with Crippen LogP contribution in [-0.4, -0.2) is 55.3 Å². The smallest absolute Gasteiger partial charge is 0.269 e. The number of ether oxygens (including phenoxy) is 1. The van der Waals surface area contributed by atoms with Gasteiger partial charge < -0.3 is 9.64 Å². The molecule has 12 heteroatoms. The highest BCUT2D eigenvalue weighted by molar-refractivity contribution is 7.89. The van der Waals surface area contributed by atoms with Crippen LogP contribution in [0.5, 0.6) is 0 Å². The summed E-state index contributed by atoms with van der Waals surface area (Å²) in [4.78, 5) is 26.1. The van der Waals surface area contributed by atoms with Crippen molar-refractivity contribution in [2.75, 3.05) is 26.8 Å². The lowest BCUT2D eigenvalue weighted by molar-refractivity contribution is -0.384. The third-order valence-electron chi connectivity index (χ3n) is 5.32. The topological polar surface area (TPSA) is 110 Å². The fourth-order valence-corrected chi connectivity index (χ4v) is 5.59. The highest BCUT2D eigenvalue weighted by atomic mass is 32.2. The van der Waals surface area contributed by atoms with Gasteiger partial charge in [-0.1, -0.05) is 18.2 Å². The molecule has 0 aliphatic carbocycles. The Morgan fingerprint density at radius 3 is 2.36 bits per heavy atom. The summed E-state index contributed by atoms with van der Waals surface area (Å²) in [6.45, 7) is 0.296. The Balaban J connectivity index is 1.86. The van der Waals surface area contributed by atoms with Gasteiger partial charge >= 0.3 is 0 Å². The molecule has 1 amide bonds. The molecule has 36 heavy (non-hydrogen) atoms. The zero-order valence-electron chi connectivity index (χ0n) is 19.6. The molecule has 2 aromatic carbocycles. The number of carbonyl (C=O) groups excluding carboxylic acids is 1. The lowest BCUT2D eigenvalue weighted by Crippen LogP contribution is -2.43. The van der Waals surface area contributed by atoms with Gasteiger partial charge in [0.1, 0.15) is 5.82 Å². The van der Waals surface area contributed by atoms with Crippen LogP contribution in [0.2, 0.25) is 0 Å². The Kier molecular flexibility index (Phi) is 9.65. The van der Waals surface area contributed by atoms with Crippen LogP contribution >= 0.6 is 11.3 Å². The van der Waals surface area contributed by atoms with Gasteiger partial charge in [-0.2, -0.15) is 4.31 Å². The van der Waals surface area contributed by atoms with Crippen molar-refractivity contribution in [1.29, 1.82) is 0 Å². The van der Waals surface area contributed by atoms with E-state index in [0.29, 0.717) is 12.0 Å². The molecular weight excluding hydrogens is 509 g/mol. The average molecular weight is 536 g/mol. The van der Waals surface area contributed by atoms with E-state index in [2.05, 4.69) is 0 Å². The van der Waals surface area contributed by atoms with Crippen molar-refractivity contribution < 1.29 is 27.3 Å². The van der Waals surface area contributed by atoms with Crippen molar-refractivity contribution in [3.05, 3.63) is 92.4 Å². The van der Waals surface area contributed by atoms with Gasteiger partial charge in [-0.25, -0.2) is 12.8 Å². The molecule has 3 rings (SSSR count).